The van der Waals surface area contributed by atoms with Gasteiger partial charge < -0.3 is 9.84 Å². The summed E-state index contributed by atoms with van der Waals surface area (Å²) in [5.41, 5.74) is 2.01. The highest BCUT2D eigenvalue weighted by Gasteiger charge is 2.13. The van der Waals surface area contributed by atoms with Crippen molar-refractivity contribution >= 4 is 17.0 Å². The number of hydrogen-bond donors (Lipinski definition) is 1. The van der Waals surface area contributed by atoms with Crippen molar-refractivity contribution in [2.24, 2.45) is 0 Å². The lowest BCUT2D eigenvalue weighted by Crippen LogP contribution is -2.14. The Bertz CT molecular complexity index is 930. The zero-order chi connectivity index (χ0) is 17.3. The van der Waals surface area contributed by atoms with Crippen molar-refractivity contribution in [1.82, 2.24) is 14.4 Å². The van der Waals surface area contributed by atoms with Crippen LogP contribution in [0.1, 0.15) is 36.0 Å². The van der Waals surface area contributed by atoms with Crippen LogP contribution in [0.3, 0.4) is 0 Å². The molecule has 0 aliphatic rings. The minimum atomic E-state index is -0.344. The summed E-state index contributed by atoms with van der Waals surface area (Å²) in [5, 5.41) is 12.8. The molecule has 0 aromatic carbocycles. The molecule has 3 heterocycles. The maximum atomic E-state index is 11.9. The molecule has 0 fully saturated rings. The van der Waals surface area contributed by atoms with E-state index in [0.717, 1.165) is 35.2 Å². The molecule has 0 bridgehead atoms. The number of aryl methyl sites for hydroxylation is 2. The van der Waals surface area contributed by atoms with Crippen LogP contribution < -0.4 is 10.3 Å². The van der Waals surface area contributed by atoms with Crippen molar-refractivity contribution in [3.8, 4) is 11.6 Å². The average Bonchev–Trinajstić information content (AvgIpc) is 3.01. The molecule has 0 atom stereocenters. The van der Waals surface area contributed by atoms with Gasteiger partial charge in [0, 0.05) is 18.0 Å². The lowest BCUT2D eigenvalue weighted by atomic mass is 10.1. The van der Waals surface area contributed by atoms with Gasteiger partial charge in [0.15, 0.2) is 11.4 Å². The number of rotatable bonds is 5. The third-order valence-electron chi connectivity index (χ3n) is 3.83. The van der Waals surface area contributed by atoms with E-state index in [0.29, 0.717) is 17.3 Å². The number of fused-ring (bicyclic) bond motifs is 1. The predicted octanol–water partition coefficient (Wildman–Crippen LogP) is 2.77. The van der Waals surface area contributed by atoms with E-state index in [1.807, 2.05) is 6.07 Å². The van der Waals surface area contributed by atoms with Crippen molar-refractivity contribution in [3.63, 3.8) is 0 Å². The summed E-state index contributed by atoms with van der Waals surface area (Å²) in [5.74, 6) is 0.618. The van der Waals surface area contributed by atoms with Gasteiger partial charge in [-0.2, -0.15) is 4.98 Å². The van der Waals surface area contributed by atoms with Gasteiger partial charge >= 0.3 is 0 Å². The molecule has 6 nitrogen and oxygen atoms in total. The molecule has 0 amide bonds. The van der Waals surface area contributed by atoms with Crippen molar-refractivity contribution in [2.75, 3.05) is 7.11 Å². The Morgan fingerprint density at radius 1 is 1.33 bits per heavy atom. The molecule has 126 valence electrons. The summed E-state index contributed by atoms with van der Waals surface area (Å²) in [6.07, 6.45) is 3.16. The fourth-order valence-electron chi connectivity index (χ4n) is 2.53. The van der Waals surface area contributed by atoms with Gasteiger partial charge in [-0.15, -0.1) is 11.3 Å². The van der Waals surface area contributed by atoms with Crippen LogP contribution >= 0.6 is 11.3 Å². The predicted molar refractivity (Wildman–Crippen MR) is 93.3 cm³/mol. The number of aromatic nitrogens is 3. The third kappa shape index (κ3) is 3.12. The summed E-state index contributed by atoms with van der Waals surface area (Å²) >= 11 is 1.66. The Morgan fingerprint density at radius 2 is 2.12 bits per heavy atom. The number of hydrogen-bond acceptors (Lipinski definition) is 6. The number of aromatic hydroxyl groups is 1. The Hall–Kier alpha value is -2.41. The first-order chi connectivity index (χ1) is 11.5. The van der Waals surface area contributed by atoms with E-state index in [-0.39, 0.29) is 11.4 Å². The van der Waals surface area contributed by atoms with Gasteiger partial charge in [-0.1, -0.05) is 13.8 Å². The van der Waals surface area contributed by atoms with Crippen LogP contribution in [0.4, 0.5) is 0 Å². The van der Waals surface area contributed by atoms with E-state index in [2.05, 4.69) is 29.2 Å². The number of thiazole rings is 1. The van der Waals surface area contributed by atoms with Crippen LogP contribution in [0.2, 0.25) is 0 Å². The van der Waals surface area contributed by atoms with Crippen LogP contribution in [-0.2, 0) is 12.8 Å². The van der Waals surface area contributed by atoms with Gasteiger partial charge in [-0.25, -0.2) is 4.98 Å². The first kappa shape index (κ1) is 16.4. The second-order valence-corrected chi connectivity index (χ2v) is 6.78. The number of ether oxygens (including phenoxy) is 1. The maximum Gasteiger partial charge on any atom is 0.261 e. The summed E-state index contributed by atoms with van der Waals surface area (Å²) in [4.78, 5) is 20.6. The van der Waals surface area contributed by atoms with E-state index >= 15 is 0 Å². The molecule has 0 saturated carbocycles. The highest BCUT2D eigenvalue weighted by atomic mass is 32.1. The molecule has 3 rings (SSSR count). The minimum absolute atomic E-state index is 0.308. The molecule has 0 aliphatic heterocycles. The SMILES string of the molecule is COc1c(CCc2nc(C(C)C)cs2)ccn2c(=O)cc(O)nc12. The van der Waals surface area contributed by atoms with Gasteiger partial charge in [0.1, 0.15) is 0 Å². The summed E-state index contributed by atoms with van der Waals surface area (Å²) in [7, 11) is 1.54. The van der Waals surface area contributed by atoms with Crippen molar-refractivity contribution in [1.29, 1.82) is 0 Å². The molecule has 0 aliphatic carbocycles. The van der Waals surface area contributed by atoms with Crippen LogP contribution in [-0.4, -0.2) is 26.6 Å². The molecule has 0 radical (unpaired) electrons. The fraction of sp³-hybridized carbons (Fsp3) is 0.353. The molecule has 3 aromatic heterocycles. The van der Waals surface area contributed by atoms with Crippen molar-refractivity contribution in [3.05, 3.63) is 50.3 Å². The van der Waals surface area contributed by atoms with Crippen molar-refractivity contribution < 1.29 is 9.84 Å². The van der Waals surface area contributed by atoms with Gasteiger partial charge in [0.25, 0.3) is 5.56 Å². The number of methoxy groups -OCH3 is 1. The summed E-state index contributed by atoms with van der Waals surface area (Å²) in [6.45, 7) is 4.25. The largest absolute Gasteiger partial charge is 0.493 e. The van der Waals surface area contributed by atoms with E-state index in [1.165, 1.54) is 11.5 Å². The van der Waals surface area contributed by atoms with Gasteiger partial charge in [-0.3, -0.25) is 9.20 Å². The highest BCUT2D eigenvalue weighted by Crippen LogP contribution is 2.26. The highest BCUT2D eigenvalue weighted by molar-refractivity contribution is 7.09. The Balaban J connectivity index is 1.92. The van der Waals surface area contributed by atoms with Crippen LogP contribution in [0.25, 0.3) is 5.65 Å². The van der Waals surface area contributed by atoms with Crippen LogP contribution in [0.15, 0.2) is 28.5 Å². The molecule has 24 heavy (non-hydrogen) atoms. The monoisotopic (exact) mass is 345 g/mol. The molecule has 0 spiro atoms. The van der Waals surface area contributed by atoms with Gasteiger partial charge in [-0.05, 0) is 24.0 Å². The lowest BCUT2D eigenvalue weighted by molar-refractivity contribution is 0.408. The molecule has 3 aromatic rings. The molecular weight excluding hydrogens is 326 g/mol. The second kappa shape index (κ2) is 6.60. The van der Waals surface area contributed by atoms with E-state index in [9.17, 15) is 9.90 Å². The van der Waals surface area contributed by atoms with E-state index < -0.39 is 0 Å². The maximum absolute atomic E-state index is 11.9. The van der Waals surface area contributed by atoms with Crippen LogP contribution in [0.5, 0.6) is 11.6 Å². The van der Waals surface area contributed by atoms with Gasteiger partial charge in [0.2, 0.25) is 5.88 Å². The van der Waals surface area contributed by atoms with Crippen molar-refractivity contribution in [2.45, 2.75) is 32.6 Å². The second-order valence-electron chi connectivity index (χ2n) is 5.84. The van der Waals surface area contributed by atoms with Crippen LogP contribution in [0, 0.1) is 0 Å². The van der Waals surface area contributed by atoms with Gasteiger partial charge in [0.05, 0.1) is 23.9 Å². The first-order valence-electron chi connectivity index (χ1n) is 7.72. The fourth-order valence-corrected chi connectivity index (χ4v) is 3.49. The summed E-state index contributed by atoms with van der Waals surface area (Å²) < 4.78 is 6.81. The first-order valence-corrected chi connectivity index (χ1v) is 8.60. The summed E-state index contributed by atoms with van der Waals surface area (Å²) in [6, 6.07) is 2.93. The van der Waals surface area contributed by atoms with E-state index in [1.54, 1.807) is 17.5 Å². The minimum Gasteiger partial charge on any atom is -0.493 e. The molecule has 1 N–H and O–H groups in total. The molecule has 0 unspecified atom stereocenters. The third-order valence-corrected chi connectivity index (χ3v) is 4.76. The molecular formula is C17H19N3O3S. The molecule has 7 heteroatoms. The standard InChI is InChI=1S/C17H19N3O3S/c1-10(2)12-9-24-14(18-12)5-4-11-6-7-20-15(22)8-13(21)19-17(20)16(11)23-3/h6-10,21H,4-5H2,1-3H3. The smallest absolute Gasteiger partial charge is 0.261 e. The van der Waals surface area contributed by atoms with E-state index in [4.69, 9.17) is 4.74 Å². The number of nitrogens with zero attached hydrogens (tertiary/aromatic N) is 3. The molecule has 0 saturated heterocycles. The normalized spacial score (nSPS) is 11.3. The average molecular weight is 345 g/mol. The zero-order valence-electron chi connectivity index (χ0n) is 13.8. The Kier molecular flexibility index (Phi) is 4.53. The Labute approximate surface area is 143 Å². The topological polar surface area (TPSA) is 76.7 Å². The number of pyridine rings is 1. The quantitative estimate of drug-likeness (QED) is 0.769. The zero-order valence-corrected chi connectivity index (χ0v) is 14.6. The lowest BCUT2D eigenvalue weighted by Gasteiger charge is -2.11. The Morgan fingerprint density at radius 3 is 2.79 bits per heavy atom.